The van der Waals surface area contributed by atoms with Gasteiger partial charge in [0.15, 0.2) is 0 Å². The fourth-order valence-electron chi connectivity index (χ4n) is 1.56. The standard InChI is InChI=1S/C11H17N3/c1-12-10-4-3-5-11(13-10)14(2)8-9-6-7-9/h3-5,9H,6-8H2,1-2H3,(H,12,13). The molecule has 1 aliphatic carbocycles. The molecule has 0 atom stereocenters. The van der Waals surface area contributed by atoms with Gasteiger partial charge in [0.1, 0.15) is 11.6 Å². The number of hydrogen-bond donors (Lipinski definition) is 1. The van der Waals surface area contributed by atoms with Gasteiger partial charge in [-0.2, -0.15) is 0 Å². The molecule has 2 rings (SSSR count). The van der Waals surface area contributed by atoms with E-state index in [4.69, 9.17) is 0 Å². The maximum absolute atomic E-state index is 4.49. The van der Waals surface area contributed by atoms with Gasteiger partial charge < -0.3 is 10.2 Å². The molecule has 0 spiro atoms. The zero-order valence-corrected chi connectivity index (χ0v) is 8.83. The molecule has 3 heteroatoms. The van der Waals surface area contributed by atoms with Crippen molar-refractivity contribution < 1.29 is 0 Å². The molecule has 0 radical (unpaired) electrons. The largest absolute Gasteiger partial charge is 0.373 e. The Hall–Kier alpha value is -1.25. The first-order chi connectivity index (χ1) is 6.79. The molecule has 0 bridgehead atoms. The second-order valence-corrected chi connectivity index (χ2v) is 3.95. The number of hydrogen-bond acceptors (Lipinski definition) is 3. The topological polar surface area (TPSA) is 28.2 Å². The molecule has 1 saturated carbocycles. The lowest BCUT2D eigenvalue weighted by atomic mass is 10.3. The van der Waals surface area contributed by atoms with Crippen LogP contribution in [0.25, 0.3) is 0 Å². The first kappa shape index (κ1) is 9.31. The lowest BCUT2D eigenvalue weighted by Crippen LogP contribution is -2.21. The van der Waals surface area contributed by atoms with E-state index in [-0.39, 0.29) is 0 Å². The molecule has 1 fully saturated rings. The lowest BCUT2D eigenvalue weighted by Gasteiger charge is -2.18. The minimum absolute atomic E-state index is 0.903. The third-order valence-electron chi connectivity index (χ3n) is 2.61. The second kappa shape index (κ2) is 3.86. The molecule has 1 heterocycles. The van der Waals surface area contributed by atoms with Crippen LogP contribution in [0.1, 0.15) is 12.8 Å². The summed E-state index contributed by atoms with van der Waals surface area (Å²) in [5.41, 5.74) is 0. The third kappa shape index (κ3) is 2.16. The van der Waals surface area contributed by atoms with Crippen LogP contribution in [0.2, 0.25) is 0 Å². The van der Waals surface area contributed by atoms with E-state index in [1.807, 2.05) is 19.2 Å². The van der Waals surface area contributed by atoms with Gasteiger partial charge in [0.05, 0.1) is 0 Å². The average molecular weight is 191 g/mol. The Morgan fingerprint density at radius 1 is 1.50 bits per heavy atom. The summed E-state index contributed by atoms with van der Waals surface area (Å²) >= 11 is 0. The summed E-state index contributed by atoms with van der Waals surface area (Å²) in [6.07, 6.45) is 2.77. The number of nitrogens with one attached hydrogen (secondary N) is 1. The summed E-state index contributed by atoms with van der Waals surface area (Å²) in [4.78, 5) is 6.72. The molecule has 76 valence electrons. The highest BCUT2D eigenvalue weighted by Crippen LogP contribution is 2.30. The molecule has 1 aromatic rings. The van der Waals surface area contributed by atoms with Crippen LogP contribution in [0.4, 0.5) is 11.6 Å². The van der Waals surface area contributed by atoms with Gasteiger partial charge in [-0.05, 0) is 30.9 Å². The first-order valence-corrected chi connectivity index (χ1v) is 5.15. The Morgan fingerprint density at radius 2 is 2.29 bits per heavy atom. The summed E-state index contributed by atoms with van der Waals surface area (Å²) < 4.78 is 0. The summed E-state index contributed by atoms with van der Waals surface area (Å²) in [6.45, 7) is 1.14. The van der Waals surface area contributed by atoms with Gasteiger partial charge in [0.25, 0.3) is 0 Å². The molecule has 0 amide bonds. The van der Waals surface area contributed by atoms with E-state index in [2.05, 4.69) is 28.3 Å². The van der Waals surface area contributed by atoms with E-state index in [1.54, 1.807) is 0 Å². The second-order valence-electron chi connectivity index (χ2n) is 3.95. The Bertz CT molecular complexity index is 307. The molecular weight excluding hydrogens is 174 g/mol. The van der Waals surface area contributed by atoms with Gasteiger partial charge in [-0.25, -0.2) is 4.98 Å². The predicted molar refractivity (Wildman–Crippen MR) is 59.8 cm³/mol. The van der Waals surface area contributed by atoms with Crippen LogP contribution in [0, 0.1) is 5.92 Å². The van der Waals surface area contributed by atoms with E-state index < -0.39 is 0 Å². The van der Waals surface area contributed by atoms with Crippen molar-refractivity contribution in [3.8, 4) is 0 Å². The average Bonchev–Trinajstić information content (AvgIpc) is 3.02. The van der Waals surface area contributed by atoms with Crippen molar-refractivity contribution in [3.63, 3.8) is 0 Å². The third-order valence-corrected chi connectivity index (χ3v) is 2.61. The summed E-state index contributed by atoms with van der Waals surface area (Å²) in [6, 6.07) is 6.08. The van der Waals surface area contributed by atoms with Crippen molar-refractivity contribution in [1.29, 1.82) is 0 Å². The zero-order valence-electron chi connectivity index (χ0n) is 8.83. The van der Waals surface area contributed by atoms with Crippen LogP contribution in [0.3, 0.4) is 0 Å². The smallest absolute Gasteiger partial charge is 0.130 e. The van der Waals surface area contributed by atoms with E-state index in [0.29, 0.717) is 0 Å². The van der Waals surface area contributed by atoms with Crippen LogP contribution in [-0.2, 0) is 0 Å². The normalized spacial score (nSPS) is 15.3. The molecule has 1 aliphatic rings. The van der Waals surface area contributed by atoms with Crippen molar-refractivity contribution in [2.24, 2.45) is 5.92 Å². The molecule has 0 aromatic carbocycles. The monoisotopic (exact) mass is 191 g/mol. The van der Waals surface area contributed by atoms with E-state index in [1.165, 1.54) is 12.8 Å². The Morgan fingerprint density at radius 3 is 2.93 bits per heavy atom. The molecular formula is C11H17N3. The van der Waals surface area contributed by atoms with E-state index >= 15 is 0 Å². The lowest BCUT2D eigenvalue weighted by molar-refractivity contribution is 0.778. The quantitative estimate of drug-likeness (QED) is 0.788. The van der Waals surface area contributed by atoms with Crippen molar-refractivity contribution in [2.75, 3.05) is 30.9 Å². The van der Waals surface area contributed by atoms with Crippen LogP contribution in [-0.4, -0.2) is 25.6 Å². The van der Waals surface area contributed by atoms with Gasteiger partial charge in [-0.15, -0.1) is 0 Å². The van der Waals surface area contributed by atoms with Gasteiger partial charge in [-0.3, -0.25) is 0 Å². The van der Waals surface area contributed by atoms with Gasteiger partial charge >= 0.3 is 0 Å². The Kier molecular flexibility index (Phi) is 2.57. The molecule has 14 heavy (non-hydrogen) atoms. The number of nitrogens with zero attached hydrogens (tertiary/aromatic N) is 2. The molecule has 0 unspecified atom stereocenters. The number of rotatable bonds is 4. The maximum Gasteiger partial charge on any atom is 0.130 e. The number of anilines is 2. The highest BCUT2D eigenvalue weighted by molar-refractivity contribution is 5.46. The van der Waals surface area contributed by atoms with Crippen molar-refractivity contribution in [1.82, 2.24) is 4.98 Å². The highest BCUT2D eigenvalue weighted by Gasteiger charge is 2.23. The molecule has 0 aliphatic heterocycles. The molecule has 0 saturated heterocycles. The minimum atomic E-state index is 0.903. The van der Waals surface area contributed by atoms with Crippen LogP contribution < -0.4 is 10.2 Å². The zero-order chi connectivity index (χ0) is 9.97. The van der Waals surface area contributed by atoms with Crippen LogP contribution >= 0.6 is 0 Å². The SMILES string of the molecule is CNc1cccc(N(C)CC2CC2)n1. The molecule has 1 N–H and O–H groups in total. The minimum Gasteiger partial charge on any atom is -0.373 e. The number of pyridine rings is 1. The summed E-state index contributed by atoms with van der Waals surface area (Å²) in [7, 11) is 4.01. The van der Waals surface area contributed by atoms with Crippen molar-refractivity contribution >= 4 is 11.6 Å². The molecule has 1 aromatic heterocycles. The summed E-state index contributed by atoms with van der Waals surface area (Å²) in [5.74, 6) is 2.90. The fourth-order valence-corrected chi connectivity index (χ4v) is 1.56. The van der Waals surface area contributed by atoms with Crippen LogP contribution in [0.15, 0.2) is 18.2 Å². The Labute approximate surface area is 85.1 Å². The fraction of sp³-hybridized carbons (Fsp3) is 0.545. The predicted octanol–water partition coefficient (Wildman–Crippen LogP) is 1.97. The van der Waals surface area contributed by atoms with Crippen molar-refractivity contribution in [3.05, 3.63) is 18.2 Å². The van der Waals surface area contributed by atoms with E-state index in [0.717, 1.165) is 24.1 Å². The van der Waals surface area contributed by atoms with Gasteiger partial charge in [0, 0.05) is 20.6 Å². The highest BCUT2D eigenvalue weighted by atomic mass is 15.2. The summed E-state index contributed by atoms with van der Waals surface area (Å²) in [5, 5.41) is 3.05. The van der Waals surface area contributed by atoms with Crippen LogP contribution in [0.5, 0.6) is 0 Å². The van der Waals surface area contributed by atoms with E-state index in [9.17, 15) is 0 Å². The Balaban J connectivity index is 2.05. The maximum atomic E-state index is 4.49. The molecule has 3 nitrogen and oxygen atoms in total. The first-order valence-electron chi connectivity index (χ1n) is 5.15. The van der Waals surface area contributed by atoms with Crippen molar-refractivity contribution in [2.45, 2.75) is 12.8 Å². The van der Waals surface area contributed by atoms with Gasteiger partial charge in [0.2, 0.25) is 0 Å². The van der Waals surface area contributed by atoms with Gasteiger partial charge in [-0.1, -0.05) is 6.07 Å². The number of aromatic nitrogens is 1.